The maximum atomic E-state index is 13.7. The monoisotopic (exact) mass is 500 g/mol. The number of aromatic nitrogens is 2. The molecule has 0 spiro atoms. The van der Waals surface area contributed by atoms with Gasteiger partial charge in [-0.05, 0) is 42.9 Å². The molecule has 2 aromatic carbocycles. The molecule has 0 saturated carbocycles. The number of hydrogen-bond acceptors (Lipinski definition) is 6. The predicted octanol–water partition coefficient (Wildman–Crippen LogP) is 5.59. The Balaban J connectivity index is 1.48. The number of piperidine rings is 1. The van der Waals surface area contributed by atoms with Gasteiger partial charge in [0.25, 0.3) is 0 Å². The highest BCUT2D eigenvalue weighted by Gasteiger charge is 2.32. The van der Waals surface area contributed by atoms with E-state index < -0.39 is 0 Å². The number of para-hydroxylation sites is 2. The average Bonchev–Trinajstić information content (AvgIpc) is 2.94. The van der Waals surface area contributed by atoms with Crippen molar-refractivity contribution in [2.24, 2.45) is 5.92 Å². The zero-order valence-corrected chi connectivity index (χ0v) is 22.0. The van der Waals surface area contributed by atoms with E-state index in [9.17, 15) is 4.79 Å². The summed E-state index contributed by atoms with van der Waals surface area (Å²) >= 11 is 0. The molecule has 3 heterocycles. The van der Waals surface area contributed by atoms with Crippen LogP contribution in [0, 0.1) is 5.92 Å². The van der Waals surface area contributed by atoms with Crippen molar-refractivity contribution in [1.82, 2.24) is 14.9 Å². The largest absolute Gasteiger partial charge is 0.493 e. The Hall–Kier alpha value is -3.61. The highest BCUT2D eigenvalue weighted by atomic mass is 16.5. The van der Waals surface area contributed by atoms with Crippen LogP contribution in [0.15, 0.2) is 54.6 Å². The van der Waals surface area contributed by atoms with Crippen LogP contribution in [0.5, 0.6) is 17.4 Å². The van der Waals surface area contributed by atoms with Crippen LogP contribution in [0.1, 0.15) is 55.8 Å². The van der Waals surface area contributed by atoms with Gasteiger partial charge in [0, 0.05) is 26.1 Å². The number of fused-ring (bicyclic) bond motifs is 1. The molecule has 1 atom stereocenters. The summed E-state index contributed by atoms with van der Waals surface area (Å²) in [6, 6.07) is 17.6. The highest BCUT2D eigenvalue weighted by Crippen LogP contribution is 2.36. The van der Waals surface area contributed by atoms with E-state index >= 15 is 0 Å². The number of nitrogens with zero attached hydrogens (tertiary/aromatic N) is 4. The number of amides is 1. The molecule has 3 aromatic rings. The summed E-state index contributed by atoms with van der Waals surface area (Å²) in [5.41, 5.74) is 2.89. The van der Waals surface area contributed by atoms with E-state index in [0.717, 1.165) is 49.2 Å². The Labute approximate surface area is 219 Å². The SMILES string of the molecule is CC[C@H](C(=O)N1CCc2nc(N3CCC(C)CC3)nc(Oc3ccccc3OC)c2C1)c1ccccc1. The minimum atomic E-state index is -0.170. The van der Waals surface area contributed by atoms with Crippen molar-refractivity contribution in [2.75, 3.05) is 31.6 Å². The van der Waals surface area contributed by atoms with Gasteiger partial charge in [-0.25, -0.2) is 4.98 Å². The Bertz CT molecular complexity index is 1220. The first-order chi connectivity index (χ1) is 18.1. The van der Waals surface area contributed by atoms with Crippen LogP contribution in [0.2, 0.25) is 0 Å². The zero-order chi connectivity index (χ0) is 25.8. The molecule has 1 fully saturated rings. The molecule has 5 rings (SSSR count). The van der Waals surface area contributed by atoms with Crippen LogP contribution in [0.25, 0.3) is 0 Å². The number of carbonyl (C=O) groups is 1. The van der Waals surface area contributed by atoms with Crippen LogP contribution in [0.3, 0.4) is 0 Å². The maximum absolute atomic E-state index is 13.7. The van der Waals surface area contributed by atoms with Gasteiger partial charge in [-0.15, -0.1) is 0 Å². The van der Waals surface area contributed by atoms with E-state index in [1.165, 1.54) is 0 Å². The second-order valence-electron chi connectivity index (χ2n) is 10.1. The highest BCUT2D eigenvalue weighted by molar-refractivity contribution is 5.84. The van der Waals surface area contributed by atoms with Crippen molar-refractivity contribution in [2.45, 2.75) is 52.0 Å². The van der Waals surface area contributed by atoms with Gasteiger partial charge >= 0.3 is 0 Å². The van der Waals surface area contributed by atoms with Crippen LogP contribution >= 0.6 is 0 Å². The van der Waals surface area contributed by atoms with Gasteiger partial charge in [0.2, 0.25) is 17.7 Å². The fraction of sp³-hybridized carbons (Fsp3) is 0.433. The van der Waals surface area contributed by atoms with Gasteiger partial charge in [-0.3, -0.25) is 4.79 Å². The normalized spacial score (nSPS) is 16.7. The standard InChI is InChI=1S/C30H36N4O3/c1-4-23(22-10-6-5-7-11-22)29(35)34-19-16-25-24(20-34)28(37-27-13-9-8-12-26(27)36-3)32-30(31-25)33-17-14-21(2)15-18-33/h5-13,21,23H,4,14-20H2,1-3H3/t23-/m0/s1. The minimum absolute atomic E-state index is 0.136. The van der Waals surface area contributed by atoms with Gasteiger partial charge in [-0.1, -0.05) is 56.3 Å². The van der Waals surface area contributed by atoms with Gasteiger partial charge < -0.3 is 19.3 Å². The molecular weight excluding hydrogens is 464 g/mol. The first-order valence-electron chi connectivity index (χ1n) is 13.4. The lowest BCUT2D eigenvalue weighted by Gasteiger charge is -2.34. The van der Waals surface area contributed by atoms with E-state index in [4.69, 9.17) is 19.4 Å². The second-order valence-corrected chi connectivity index (χ2v) is 10.1. The summed E-state index contributed by atoms with van der Waals surface area (Å²) in [7, 11) is 1.63. The number of methoxy groups -OCH3 is 1. The van der Waals surface area contributed by atoms with E-state index in [1.54, 1.807) is 7.11 Å². The van der Waals surface area contributed by atoms with Crippen molar-refractivity contribution in [3.63, 3.8) is 0 Å². The average molecular weight is 501 g/mol. The third-order valence-electron chi connectivity index (χ3n) is 7.57. The molecular formula is C30H36N4O3. The van der Waals surface area contributed by atoms with E-state index in [0.29, 0.717) is 48.8 Å². The topological polar surface area (TPSA) is 67.8 Å². The number of benzene rings is 2. The molecule has 37 heavy (non-hydrogen) atoms. The first kappa shape index (κ1) is 25.1. The molecule has 0 bridgehead atoms. The van der Waals surface area contributed by atoms with Crippen LogP contribution < -0.4 is 14.4 Å². The van der Waals surface area contributed by atoms with Crippen molar-refractivity contribution >= 4 is 11.9 Å². The van der Waals surface area contributed by atoms with E-state index in [1.807, 2.05) is 59.5 Å². The molecule has 1 aromatic heterocycles. The van der Waals surface area contributed by atoms with Gasteiger partial charge in [0.05, 0.1) is 30.8 Å². The van der Waals surface area contributed by atoms with Crippen molar-refractivity contribution in [1.29, 1.82) is 0 Å². The lowest BCUT2D eigenvalue weighted by molar-refractivity contribution is -0.133. The van der Waals surface area contributed by atoms with Gasteiger partial charge in [-0.2, -0.15) is 4.98 Å². The summed E-state index contributed by atoms with van der Waals surface area (Å²) < 4.78 is 11.9. The molecule has 0 N–H and O–H groups in total. The zero-order valence-electron chi connectivity index (χ0n) is 22.0. The Morgan fingerprint density at radius 2 is 1.70 bits per heavy atom. The molecule has 1 amide bonds. The summed E-state index contributed by atoms with van der Waals surface area (Å²) in [5, 5.41) is 0. The number of rotatable bonds is 7. The van der Waals surface area contributed by atoms with E-state index in [-0.39, 0.29) is 11.8 Å². The molecule has 2 aliphatic rings. The molecule has 1 saturated heterocycles. The van der Waals surface area contributed by atoms with Crippen molar-refractivity contribution in [3.05, 3.63) is 71.4 Å². The summed E-state index contributed by atoms with van der Waals surface area (Å²) in [6.45, 7) is 7.31. The molecule has 2 aliphatic heterocycles. The molecule has 7 heteroatoms. The molecule has 194 valence electrons. The molecule has 0 radical (unpaired) electrons. The second kappa shape index (κ2) is 11.2. The minimum Gasteiger partial charge on any atom is -0.493 e. The number of hydrogen-bond donors (Lipinski definition) is 0. The fourth-order valence-corrected chi connectivity index (χ4v) is 5.26. The third-order valence-corrected chi connectivity index (χ3v) is 7.57. The third kappa shape index (κ3) is 5.41. The Morgan fingerprint density at radius 3 is 2.41 bits per heavy atom. The summed E-state index contributed by atoms with van der Waals surface area (Å²) in [6.07, 6.45) is 3.68. The fourth-order valence-electron chi connectivity index (χ4n) is 5.26. The lowest BCUT2D eigenvalue weighted by atomic mass is 9.94. The van der Waals surface area contributed by atoms with Gasteiger partial charge in [0.1, 0.15) is 0 Å². The lowest BCUT2D eigenvalue weighted by Crippen LogP contribution is -2.40. The first-order valence-corrected chi connectivity index (χ1v) is 13.4. The van der Waals surface area contributed by atoms with Crippen LogP contribution in [-0.4, -0.2) is 47.5 Å². The number of anilines is 1. The van der Waals surface area contributed by atoms with Gasteiger partial charge in [0.15, 0.2) is 11.5 Å². The molecule has 7 nitrogen and oxygen atoms in total. The molecule has 0 unspecified atom stereocenters. The quantitative estimate of drug-likeness (QED) is 0.421. The molecule has 0 aliphatic carbocycles. The maximum Gasteiger partial charge on any atom is 0.230 e. The summed E-state index contributed by atoms with van der Waals surface area (Å²) in [5.74, 6) is 3.15. The van der Waals surface area contributed by atoms with Crippen LogP contribution in [-0.2, 0) is 17.8 Å². The van der Waals surface area contributed by atoms with Crippen LogP contribution in [0.4, 0.5) is 5.95 Å². The Kier molecular flexibility index (Phi) is 7.58. The number of carbonyl (C=O) groups excluding carboxylic acids is 1. The van der Waals surface area contributed by atoms with Crippen molar-refractivity contribution < 1.29 is 14.3 Å². The van der Waals surface area contributed by atoms with E-state index in [2.05, 4.69) is 18.7 Å². The van der Waals surface area contributed by atoms with Crippen molar-refractivity contribution in [3.8, 4) is 17.4 Å². The smallest absolute Gasteiger partial charge is 0.230 e. The summed E-state index contributed by atoms with van der Waals surface area (Å²) in [4.78, 5) is 27.8. The number of ether oxygens (including phenoxy) is 2. The predicted molar refractivity (Wildman–Crippen MR) is 144 cm³/mol. The Morgan fingerprint density at radius 1 is 1.00 bits per heavy atom.